The molecule has 0 aliphatic carbocycles. The lowest BCUT2D eigenvalue weighted by atomic mass is 9.94. The van der Waals surface area contributed by atoms with Crippen molar-refractivity contribution in [1.82, 2.24) is 0 Å². The van der Waals surface area contributed by atoms with Crippen LogP contribution in [0.4, 0.5) is 0 Å². The largest absolute Gasteiger partial charge is 0.790 e. The molecule has 0 heterocycles. The van der Waals surface area contributed by atoms with Crippen molar-refractivity contribution < 1.29 is 49.2 Å². The molecule has 0 rings (SSSR count). The number of carbonyl (C=O) groups excluding carboxylic acids is 1. The van der Waals surface area contributed by atoms with Crippen LogP contribution in [0, 0.1) is 0 Å². The topological polar surface area (TPSA) is 193 Å². The highest BCUT2D eigenvalue weighted by molar-refractivity contribution is 7.43. The first-order chi connectivity index (χ1) is 7.54. The Morgan fingerprint density at radius 1 is 1.41 bits per heavy atom. The Morgan fingerprint density at radius 2 is 1.88 bits per heavy atom. The molecule has 10 nitrogen and oxygen atoms in total. The number of carbonyl (C=O) groups is 1. The normalized spacial score (nSPS) is 19.4. The minimum Gasteiger partial charge on any atom is -0.790 e. The maximum absolute atomic E-state index is 10.5. The predicted molar refractivity (Wildman–Crippen MR) is 42.6 cm³/mol. The van der Waals surface area contributed by atoms with Crippen LogP contribution in [0.3, 0.4) is 0 Å². The van der Waals surface area contributed by atoms with Gasteiger partial charge < -0.3 is 49.2 Å². The molecule has 0 aliphatic rings. The lowest BCUT2D eigenvalue weighted by Crippen LogP contribution is -2.63. The Kier molecular flexibility index (Phi) is 5.65. The lowest BCUT2D eigenvalue weighted by Gasteiger charge is -2.38. The Bertz CT molecular complexity index is 312. The summed E-state index contributed by atoms with van der Waals surface area (Å²) in [6, 6.07) is 0. The molecule has 0 saturated heterocycles. The summed E-state index contributed by atoms with van der Waals surface area (Å²) in [5.74, 6) is -2.38. The Morgan fingerprint density at radius 3 is 2.18 bits per heavy atom. The highest BCUT2D eigenvalue weighted by Crippen LogP contribution is 2.28. The molecule has 17 heavy (non-hydrogen) atoms. The number of hydrogen-bond acceptors (Lipinski definition) is 10. The molecule has 0 spiro atoms. The van der Waals surface area contributed by atoms with E-state index < -0.39 is 44.8 Å². The Hall–Kier alpha value is -0.580. The molecule has 0 unspecified atom stereocenters. The van der Waals surface area contributed by atoms with Crippen LogP contribution in [0.1, 0.15) is 0 Å². The fraction of sp³-hybridized carbons (Fsp3) is 0.833. The standard InChI is InChI=1S/C6H13O10P/c7-1-3(8)4(9)6(12,5(10)11)2-16-17(13,14)15/h3-4,7-9,12H,1-2H2,(H,10,11)(H2,13,14,15)/p-3/t3-,4-,6-/m1/s1. The molecule has 0 saturated carbocycles. The number of phosphoric ester groups is 1. The van der Waals surface area contributed by atoms with Crippen LogP contribution in [0.25, 0.3) is 0 Å². The number of aliphatic hydroxyl groups is 4. The maximum atomic E-state index is 10.5. The Balaban J connectivity index is 4.92. The van der Waals surface area contributed by atoms with Crippen LogP contribution in [0.2, 0.25) is 0 Å². The SMILES string of the molecule is O=C([O-])[C@@](O)(COP(=O)([O-])[O-])[C@H](O)[C@H](O)CO. The third-order valence-corrected chi connectivity index (χ3v) is 2.28. The van der Waals surface area contributed by atoms with E-state index in [1.165, 1.54) is 0 Å². The highest BCUT2D eigenvalue weighted by atomic mass is 31.2. The molecule has 102 valence electrons. The fourth-order valence-electron chi connectivity index (χ4n) is 0.861. The average Bonchev–Trinajstić information content (AvgIpc) is 2.22. The van der Waals surface area contributed by atoms with Gasteiger partial charge in [-0.3, -0.25) is 0 Å². The molecule has 0 radical (unpaired) electrons. The van der Waals surface area contributed by atoms with Crippen LogP contribution in [0.15, 0.2) is 0 Å². The quantitative estimate of drug-likeness (QED) is 0.324. The summed E-state index contributed by atoms with van der Waals surface area (Å²) < 4.78 is 13.6. The van der Waals surface area contributed by atoms with Crippen molar-refractivity contribution in [3.63, 3.8) is 0 Å². The number of hydrogen-bond donors (Lipinski definition) is 4. The van der Waals surface area contributed by atoms with Crippen LogP contribution >= 0.6 is 7.82 Å². The van der Waals surface area contributed by atoms with Crippen molar-refractivity contribution in [2.75, 3.05) is 13.2 Å². The third kappa shape index (κ3) is 4.66. The molecular formula is C6H10O10P-3. The second-order valence-electron chi connectivity index (χ2n) is 3.13. The van der Waals surface area contributed by atoms with E-state index in [0.717, 1.165) is 0 Å². The number of rotatable bonds is 7. The van der Waals surface area contributed by atoms with Gasteiger partial charge in [-0.25, -0.2) is 0 Å². The van der Waals surface area contributed by atoms with Crippen molar-refractivity contribution in [3.05, 3.63) is 0 Å². The average molecular weight is 273 g/mol. The van der Waals surface area contributed by atoms with Gasteiger partial charge in [0.2, 0.25) is 0 Å². The van der Waals surface area contributed by atoms with E-state index in [9.17, 15) is 29.4 Å². The first kappa shape index (κ1) is 16.4. The van der Waals surface area contributed by atoms with Crippen molar-refractivity contribution in [2.24, 2.45) is 0 Å². The molecule has 0 aromatic carbocycles. The van der Waals surface area contributed by atoms with Gasteiger partial charge in [-0.1, -0.05) is 0 Å². The highest BCUT2D eigenvalue weighted by Gasteiger charge is 2.42. The summed E-state index contributed by atoms with van der Waals surface area (Å²) in [7, 11) is -5.59. The van der Waals surface area contributed by atoms with E-state index in [1.54, 1.807) is 0 Å². The van der Waals surface area contributed by atoms with E-state index in [1.807, 2.05) is 0 Å². The van der Waals surface area contributed by atoms with Crippen molar-refractivity contribution in [1.29, 1.82) is 0 Å². The van der Waals surface area contributed by atoms with Gasteiger partial charge in [0.05, 0.1) is 27.0 Å². The first-order valence-corrected chi connectivity index (χ1v) is 5.58. The zero-order chi connectivity index (χ0) is 13.9. The number of aliphatic hydroxyl groups excluding tert-OH is 3. The second-order valence-corrected chi connectivity index (χ2v) is 4.28. The first-order valence-electron chi connectivity index (χ1n) is 4.12. The zero-order valence-electron chi connectivity index (χ0n) is 8.25. The summed E-state index contributed by atoms with van der Waals surface area (Å²) in [5, 5.41) is 46.3. The van der Waals surface area contributed by atoms with E-state index in [4.69, 9.17) is 15.3 Å². The summed E-state index contributed by atoms with van der Waals surface area (Å²) in [6.07, 6.45) is -4.61. The van der Waals surface area contributed by atoms with Crippen LogP contribution < -0.4 is 14.9 Å². The molecule has 0 aliphatic heterocycles. The van der Waals surface area contributed by atoms with Gasteiger partial charge >= 0.3 is 0 Å². The van der Waals surface area contributed by atoms with Gasteiger partial charge in [0.15, 0.2) is 5.60 Å². The fourth-order valence-corrected chi connectivity index (χ4v) is 1.22. The van der Waals surface area contributed by atoms with E-state index in [-0.39, 0.29) is 0 Å². The van der Waals surface area contributed by atoms with E-state index >= 15 is 0 Å². The molecule has 0 aromatic rings. The van der Waals surface area contributed by atoms with E-state index in [0.29, 0.717) is 0 Å². The second kappa shape index (κ2) is 5.85. The minimum absolute atomic E-state index is 1.12. The van der Waals surface area contributed by atoms with Gasteiger partial charge in [0.1, 0.15) is 12.2 Å². The van der Waals surface area contributed by atoms with Crippen molar-refractivity contribution >= 4 is 13.8 Å². The molecule has 0 fully saturated rings. The maximum Gasteiger partial charge on any atom is 0.156 e. The monoisotopic (exact) mass is 273 g/mol. The molecule has 0 bridgehead atoms. The predicted octanol–water partition coefficient (Wildman–Crippen LogP) is -5.97. The van der Waals surface area contributed by atoms with Gasteiger partial charge in [0.25, 0.3) is 0 Å². The smallest absolute Gasteiger partial charge is 0.156 e. The molecule has 3 atom stereocenters. The summed E-state index contributed by atoms with van der Waals surface area (Å²) in [5.41, 5.74) is -3.35. The van der Waals surface area contributed by atoms with Crippen molar-refractivity contribution in [2.45, 2.75) is 17.8 Å². The summed E-state index contributed by atoms with van der Waals surface area (Å²) in [4.78, 5) is 30.7. The molecule has 4 N–H and O–H groups in total. The summed E-state index contributed by atoms with van der Waals surface area (Å²) >= 11 is 0. The zero-order valence-corrected chi connectivity index (χ0v) is 9.15. The van der Waals surface area contributed by atoms with Crippen LogP contribution in [-0.4, -0.2) is 57.4 Å². The molecule has 11 heteroatoms. The lowest BCUT2D eigenvalue weighted by molar-refractivity contribution is -0.351. The van der Waals surface area contributed by atoms with Gasteiger partial charge in [-0.15, -0.1) is 0 Å². The minimum atomic E-state index is -5.59. The number of carboxylic acids is 1. The molecule has 0 amide bonds. The van der Waals surface area contributed by atoms with Crippen LogP contribution in [0.5, 0.6) is 0 Å². The van der Waals surface area contributed by atoms with E-state index in [2.05, 4.69) is 4.52 Å². The number of aliphatic carboxylic acids is 1. The molecule has 0 aromatic heterocycles. The Labute approximate surface area is 94.9 Å². The van der Waals surface area contributed by atoms with Gasteiger partial charge in [-0.05, 0) is 0 Å². The molecular weight excluding hydrogens is 263 g/mol. The van der Waals surface area contributed by atoms with Crippen molar-refractivity contribution in [3.8, 4) is 0 Å². The van der Waals surface area contributed by atoms with Gasteiger partial charge in [-0.2, -0.15) is 0 Å². The van der Waals surface area contributed by atoms with Crippen LogP contribution in [-0.2, 0) is 13.9 Å². The number of phosphoric acid groups is 1. The third-order valence-electron chi connectivity index (χ3n) is 1.84. The summed E-state index contributed by atoms with van der Waals surface area (Å²) in [6.45, 7) is -2.78. The number of carboxylic acid groups (broad SMARTS) is 1. The van der Waals surface area contributed by atoms with Gasteiger partial charge in [0, 0.05) is 0 Å².